The van der Waals surface area contributed by atoms with E-state index < -0.39 is 0 Å². The fourth-order valence-corrected chi connectivity index (χ4v) is 3.33. The summed E-state index contributed by atoms with van der Waals surface area (Å²) in [5.41, 5.74) is 6.87. The maximum absolute atomic E-state index is 5.86. The summed E-state index contributed by atoms with van der Waals surface area (Å²) < 4.78 is 0. The quantitative estimate of drug-likeness (QED) is 0.872. The highest BCUT2D eigenvalue weighted by Crippen LogP contribution is 2.26. The fourth-order valence-electron chi connectivity index (χ4n) is 2.27. The molecule has 1 aromatic rings. The molecule has 5 heteroatoms. The monoisotopic (exact) mass is 254 g/mol. The standard InChI is InChI=1S/C12H22N4S/c1-9-7-15(3)5-4-6-16(9)12-14-11(8-17-12)10(2)13/h8-10H,4-7,13H2,1-3H3. The van der Waals surface area contributed by atoms with Crippen molar-refractivity contribution in [2.75, 3.05) is 31.6 Å². The van der Waals surface area contributed by atoms with Gasteiger partial charge in [-0.05, 0) is 33.9 Å². The molecular weight excluding hydrogens is 232 g/mol. The van der Waals surface area contributed by atoms with Crippen molar-refractivity contribution in [3.05, 3.63) is 11.1 Å². The summed E-state index contributed by atoms with van der Waals surface area (Å²) in [5, 5.41) is 3.21. The molecule has 0 amide bonds. The Morgan fingerprint density at radius 2 is 2.29 bits per heavy atom. The number of likely N-dealkylation sites (N-methyl/N-ethyl adjacent to an activating group) is 1. The molecule has 1 aromatic heterocycles. The first-order valence-corrected chi connectivity index (χ1v) is 7.12. The molecule has 0 radical (unpaired) electrons. The third-order valence-electron chi connectivity index (χ3n) is 3.27. The van der Waals surface area contributed by atoms with Crippen LogP contribution in [0.1, 0.15) is 32.0 Å². The Bertz CT molecular complexity index is 363. The van der Waals surface area contributed by atoms with Crippen LogP contribution in [-0.2, 0) is 0 Å². The van der Waals surface area contributed by atoms with E-state index in [9.17, 15) is 0 Å². The van der Waals surface area contributed by atoms with E-state index in [4.69, 9.17) is 5.73 Å². The highest BCUT2D eigenvalue weighted by molar-refractivity contribution is 7.13. The minimum Gasteiger partial charge on any atom is -0.344 e. The van der Waals surface area contributed by atoms with Gasteiger partial charge in [0, 0.05) is 30.6 Å². The van der Waals surface area contributed by atoms with E-state index in [-0.39, 0.29) is 6.04 Å². The lowest BCUT2D eigenvalue weighted by atomic mass is 10.3. The van der Waals surface area contributed by atoms with Gasteiger partial charge in [-0.3, -0.25) is 0 Å². The number of hydrogen-bond donors (Lipinski definition) is 1. The highest BCUT2D eigenvalue weighted by atomic mass is 32.1. The number of nitrogens with zero attached hydrogens (tertiary/aromatic N) is 3. The van der Waals surface area contributed by atoms with Crippen molar-refractivity contribution in [1.29, 1.82) is 0 Å². The lowest BCUT2D eigenvalue weighted by Crippen LogP contribution is -2.37. The van der Waals surface area contributed by atoms with E-state index in [2.05, 4.69) is 34.1 Å². The van der Waals surface area contributed by atoms with Gasteiger partial charge in [0.15, 0.2) is 5.13 Å². The molecule has 0 aromatic carbocycles. The molecule has 2 heterocycles. The van der Waals surface area contributed by atoms with Gasteiger partial charge in [0.2, 0.25) is 0 Å². The first-order valence-electron chi connectivity index (χ1n) is 6.24. The van der Waals surface area contributed by atoms with Crippen LogP contribution in [0.4, 0.5) is 5.13 Å². The Balaban J connectivity index is 2.13. The summed E-state index contributed by atoms with van der Waals surface area (Å²) in [6.07, 6.45) is 1.20. The van der Waals surface area contributed by atoms with Crippen LogP contribution in [0, 0.1) is 0 Å². The predicted molar refractivity (Wildman–Crippen MR) is 73.6 cm³/mol. The van der Waals surface area contributed by atoms with Crippen LogP contribution >= 0.6 is 11.3 Å². The number of hydrogen-bond acceptors (Lipinski definition) is 5. The van der Waals surface area contributed by atoms with E-state index in [0.29, 0.717) is 6.04 Å². The molecule has 4 nitrogen and oxygen atoms in total. The summed E-state index contributed by atoms with van der Waals surface area (Å²) >= 11 is 1.71. The lowest BCUT2D eigenvalue weighted by Gasteiger charge is -2.27. The van der Waals surface area contributed by atoms with Gasteiger partial charge < -0.3 is 15.5 Å². The van der Waals surface area contributed by atoms with Crippen molar-refractivity contribution < 1.29 is 0 Å². The zero-order valence-electron chi connectivity index (χ0n) is 10.9. The molecule has 1 aliphatic rings. The predicted octanol–water partition coefficient (Wildman–Crippen LogP) is 1.69. The van der Waals surface area contributed by atoms with Crippen LogP contribution in [0.5, 0.6) is 0 Å². The highest BCUT2D eigenvalue weighted by Gasteiger charge is 2.22. The normalized spacial score (nSPS) is 24.7. The average molecular weight is 254 g/mol. The molecular formula is C12H22N4S. The molecule has 2 atom stereocenters. The first-order chi connectivity index (χ1) is 8.08. The lowest BCUT2D eigenvalue weighted by molar-refractivity contribution is 0.337. The van der Waals surface area contributed by atoms with Gasteiger partial charge in [-0.25, -0.2) is 4.98 Å². The molecule has 0 aliphatic carbocycles. The molecule has 96 valence electrons. The Kier molecular flexibility index (Phi) is 4.01. The van der Waals surface area contributed by atoms with E-state index in [1.54, 1.807) is 11.3 Å². The Morgan fingerprint density at radius 1 is 1.53 bits per heavy atom. The molecule has 0 bridgehead atoms. The number of anilines is 1. The van der Waals surface area contributed by atoms with Crippen molar-refractivity contribution in [2.24, 2.45) is 5.73 Å². The largest absolute Gasteiger partial charge is 0.344 e. The Hall–Kier alpha value is -0.650. The summed E-state index contributed by atoms with van der Waals surface area (Å²) in [6, 6.07) is 0.555. The van der Waals surface area contributed by atoms with Crippen LogP contribution in [0.3, 0.4) is 0 Å². The molecule has 0 spiro atoms. The summed E-state index contributed by atoms with van der Waals surface area (Å²) in [6.45, 7) is 7.63. The van der Waals surface area contributed by atoms with Gasteiger partial charge in [-0.2, -0.15) is 0 Å². The molecule has 1 aliphatic heterocycles. The van der Waals surface area contributed by atoms with Crippen molar-refractivity contribution in [2.45, 2.75) is 32.4 Å². The molecule has 2 N–H and O–H groups in total. The number of aromatic nitrogens is 1. The SMILES string of the molecule is CC(N)c1csc(N2CCCN(C)CC2C)n1. The Morgan fingerprint density at radius 3 is 2.94 bits per heavy atom. The zero-order valence-corrected chi connectivity index (χ0v) is 11.7. The van der Waals surface area contributed by atoms with E-state index in [1.807, 2.05) is 6.92 Å². The Labute approximate surface area is 107 Å². The first kappa shape index (κ1) is 12.8. The molecule has 17 heavy (non-hydrogen) atoms. The second-order valence-corrected chi connectivity index (χ2v) is 5.84. The average Bonchev–Trinajstić information content (AvgIpc) is 2.67. The molecule has 1 saturated heterocycles. The second kappa shape index (κ2) is 5.33. The van der Waals surface area contributed by atoms with Crippen LogP contribution in [-0.4, -0.2) is 42.6 Å². The minimum absolute atomic E-state index is 0.0324. The van der Waals surface area contributed by atoms with Crippen molar-refractivity contribution in [3.8, 4) is 0 Å². The van der Waals surface area contributed by atoms with Gasteiger partial charge in [0.25, 0.3) is 0 Å². The van der Waals surface area contributed by atoms with E-state index >= 15 is 0 Å². The van der Waals surface area contributed by atoms with Gasteiger partial charge in [0.1, 0.15) is 0 Å². The summed E-state index contributed by atoms with van der Waals surface area (Å²) in [7, 11) is 2.19. The number of rotatable bonds is 2. The van der Waals surface area contributed by atoms with Crippen LogP contribution in [0.25, 0.3) is 0 Å². The van der Waals surface area contributed by atoms with Crippen molar-refractivity contribution in [1.82, 2.24) is 9.88 Å². The molecule has 1 fully saturated rings. The molecule has 0 saturated carbocycles. The van der Waals surface area contributed by atoms with Crippen LogP contribution in [0.15, 0.2) is 5.38 Å². The molecule has 2 unspecified atom stereocenters. The van der Waals surface area contributed by atoms with E-state index in [1.165, 1.54) is 13.0 Å². The smallest absolute Gasteiger partial charge is 0.185 e. The maximum Gasteiger partial charge on any atom is 0.185 e. The van der Waals surface area contributed by atoms with Gasteiger partial charge >= 0.3 is 0 Å². The summed E-state index contributed by atoms with van der Waals surface area (Å²) in [4.78, 5) is 9.46. The van der Waals surface area contributed by atoms with Gasteiger partial charge in [-0.1, -0.05) is 0 Å². The van der Waals surface area contributed by atoms with Crippen LogP contribution < -0.4 is 10.6 Å². The fraction of sp³-hybridized carbons (Fsp3) is 0.750. The topological polar surface area (TPSA) is 45.4 Å². The number of thiazole rings is 1. The van der Waals surface area contributed by atoms with Gasteiger partial charge in [-0.15, -0.1) is 11.3 Å². The van der Waals surface area contributed by atoms with Crippen LogP contribution in [0.2, 0.25) is 0 Å². The number of nitrogens with two attached hydrogens (primary N) is 1. The van der Waals surface area contributed by atoms with E-state index in [0.717, 1.165) is 23.9 Å². The minimum atomic E-state index is 0.0324. The third-order valence-corrected chi connectivity index (χ3v) is 4.16. The maximum atomic E-state index is 5.86. The van der Waals surface area contributed by atoms with Crippen molar-refractivity contribution in [3.63, 3.8) is 0 Å². The zero-order chi connectivity index (χ0) is 12.4. The second-order valence-electron chi connectivity index (χ2n) is 5.00. The van der Waals surface area contributed by atoms with Crippen molar-refractivity contribution >= 4 is 16.5 Å². The third kappa shape index (κ3) is 2.97. The molecule has 2 rings (SSSR count). The van der Waals surface area contributed by atoms with Gasteiger partial charge in [0.05, 0.1) is 5.69 Å². The summed E-state index contributed by atoms with van der Waals surface area (Å²) in [5.74, 6) is 0.